The van der Waals surface area contributed by atoms with E-state index >= 15 is 0 Å². The lowest BCUT2D eigenvalue weighted by Gasteiger charge is -2.08. The molecule has 0 fully saturated rings. The number of aromatic nitrogens is 1. The van der Waals surface area contributed by atoms with Crippen molar-refractivity contribution in [2.75, 3.05) is 0 Å². The van der Waals surface area contributed by atoms with Crippen molar-refractivity contribution in [3.8, 4) is 11.8 Å². The molecule has 0 saturated heterocycles. The standard InChI is InChI=1S/C9H9F2N3O/c10-9(11)6-3-5(1-2-12)8(15)7(4-13)14-6/h3,9,15H,1,4,13H2. The van der Waals surface area contributed by atoms with Crippen LogP contribution in [0.5, 0.6) is 5.75 Å². The van der Waals surface area contributed by atoms with Gasteiger partial charge in [-0.1, -0.05) is 0 Å². The van der Waals surface area contributed by atoms with Gasteiger partial charge in [0.25, 0.3) is 6.43 Å². The van der Waals surface area contributed by atoms with Crippen molar-refractivity contribution >= 4 is 0 Å². The van der Waals surface area contributed by atoms with E-state index in [1.165, 1.54) is 0 Å². The molecule has 0 unspecified atom stereocenters. The van der Waals surface area contributed by atoms with Crippen LogP contribution in [0, 0.1) is 11.3 Å². The highest BCUT2D eigenvalue weighted by Gasteiger charge is 2.15. The summed E-state index contributed by atoms with van der Waals surface area (Å²) in [6, 6.07) is 2.79. The molecule has 0 aliphatic rings. The maximum Gasteiger partial charge on any atom is 0.280 e. The number of hydrogen-bond acceptors (Lipinski definition) is 4. The van der Waals surface area contributed by atoms with Gasteiger partial charge in [0.05, 0.1) is 18.2 Å². The fourth-order valence-electron chi connectivity index (χ4n) is 1.15. The second-order valence-electron chi connectivity index (χ2n) is 2.84. The molecule has 0 aliphatic heterocycles. The minimum atomic E-state index is -2.74. The summed E-state index contributed by atoms with van der Waals surface area (Å²) in [6.45, 7) is -0.148. The summed E-state index contributed by atoms with van der Waals surface area (Å²) in [5.41, 5.74) is 4.87. The number of pyridine rings is 1. The molecule has 0 aliphatic carbocycles. The number of aromatic hydroxyl groups is 1. The van der Waals surface area contributed by atoms with Crippen LogP contribution in [-0.4, -0.2) is 10.1 Å². The number of nitrogens with zero attached hydrogens (tertiary/aromatic N) is 2. The third-order valence-corrected chi connectivity index (χ3v) is 1.85. The lowest BCUT2D eigenvalue weighted by atomic mass is 10.1. The monoisotopic (exact) mass is 213 g/mol. The third-order valence-electron chi connectivity index (χ3n) is 1.85. The summed E-state index contributed by atoms with van der Waals surface area (Å²) in [6.07, 6.45) is -2.89. The summed E-state index contributed by atoms with van der Waals surface area (Å²) in [5, 5.41) is 17.9. The van der Waals surface area contributed by atoms with Gasteiger partial charge in [0.1, 0.15) is 11.4 Å². The van der Waals surface area contributed by atoms with Gasteiger partial charge in [0, 0.05) is 12.1 Å². The lowest BCUT2D eigenvalue weighted by molar-refractivity contribution is 0.145. The molecule has 0 bridgehead atoms. The van der Waals surface area contributed by atoms with Gasteiger partial charge in [0.2, 0.25) is 0 Å². The van der Waals surface area contributed by atoms with Crippen LogP contribution in [0.4, 0.5) is 8.78 Å². The van der Waals surface area contributed by atoms with E-state index < -0.39 is 12.1 Å². The van der Waals surface area contributed by atoms with Crippen LogP contribution < -0.4 is 5.73 Å². The molecule has 0 saturated carbocycles. The Kier molecular flexibility index (Phi) is 3.52. The molecular weight excluding hydrogens is 204 g/mol. The Balaban J connectivity index is 3.26. The van der Waals surface area contributed by atoms with Gasteiger partial charge in [-0.15, -0.1) is 0 Å². The van der Waals surface area contributed by atoms with Gasteiger partial charge in [-0.3, -0.25) is 0 Å². The molecule has 0 radical (unpaired) electrons. The predicted octanol–water partition coefficient (Wildman–Crippen LogP) is 1.25. The minimum absolute atomic E-state index is 0.0157. The van der Waals surface area contributed by atoms with Crippen molar-refractivity contribution in [2.24, 2.45) is 5.73 Å². The Bertz CT molecular complexity index is 401. The van der Waals surface area contributed by atoms with Gasteiger partial charge in [-0.05, 0) is 6.07 Å². The Morgan fingerprint density at radius 2 is 2.27 bits per heavy atom. The molecule has 0 amide bonds. The number of rotatable bonds is 3. The second-order valence-corrected chi connectivity index (χ2v) is 2.84. The SMILES string of the molecule is N#CCc1cc(C(F)F)nc(CN)c1O. The maximum atomic E-state index is 12.4. The fourth-order valence-corrected chi connectivity index (χ4v) is 1.15. The highest BCUT2D eigenvalue weighted by molar-refractivity contribution is 5.39. The van der Waals surface area contributed by atoms with Crippen molar-refractivity contribution in [3.63, 3.8) is 0 Å². The zero-order valence-corrected chi connectivity index (χ0v) is 7.74. The second kappa shape index (κ2) is 4.66. The quantitative estimate of drug-likeness (QED) is 0.791. The zero-order chi connectivity index (χ0) is 11.4. The number of alkyl halides is 2. The summed E-state index contributed by atoms with van der Waals surface area (Å²) in [5.74, 6) is -0.275. The summed E-state index contributed by atoms with van der Waals surface area (Å²) in [4.78, 5) is 3.50. The van der Waals surface area contributed by atoms with Crippen LogP contribution in [-0.2, 0) is 13.0 Å². The topological polar surface area (TPSA) is 82.9 Å². The Morgan fingerprint density at radius 3 is 2.73 bits per heavy atom. The van der Waals surface area contributed by atoms with Gasteiger partial charge < -0.3 is 10.8 Å². The van der Waals surface area contributed by atoms with Crippen LogP contribution in [0.1, 0.15) is 23.4 Å². The van der Waals surface area contributed by atoms with Crippen molar-refractivity contribution < 1.29 is 13.9 Å². The van der Waals surface area contributed by atoms with E-state index in [4.69, 9.17) is 11.0 Å². The van der Waals surface area contributed by atoms with Crippen LogP contribution in [0.2, 0.25) is 0 Å². The number of hydrogen-bond donors (Lipinski definition) is 2. The van der Waals surface area contributed by atoms with Crippen molar-refractivity contribution in [1.29, 1.82) is 5.26 Å². The van der Waals surface area contributed by atoms with Crippen LogP contribution >= 0.6 is 0 Å². The Morgan fingerprint density at radius 1 is 1.60 bits per heavy atom. The molecular formula is C9H9F2N3O. The van der Waals surface area contributed by atoms with E-state index in [0.717, 1.165) is 6.07 Å². The molecule has 80 valence electrons. The first-order valence-electron chi connectivity index (χ1n) is 4.17. The normalized spacial score (nSPS) is 10.3. The fraction of sp³-hybridized carbons (Fsp3) is 0.333. The van der Waals surface area contributed by atoms with Crippen molar-refractivity contribution in [3.05, 3.63) is 23.0 Å². The Labute approximate surface area is 85.0 Å². The average molecular weight is 213 g/mol. The van der Waals surface area contributed by atoms with Crippen LogP contribution in [0.3, 0.4) is 0 Å². The minimum Gasteiger partial charge on any atom is -0.506 e. The van der Waals surface area contributed by atoms with E-state index in [1.54, 1.807) is 6.07 Å². The molecule has 1 rings (SSSR count). The Hall–Kier alpha value is -1.74. The first-order chi connectivity index (χ1) is 7.10. The van der Waals surface area contributed by atoms with Gasteiger partial charge >= 0.3 is 0 Å². The summed E-state index contributed by atoms with van der Waals surface area (Å²) >= 11 is 0. The molecule has 1 aromatic heterocycles. The number of nitrogens with two attached hydrogens (primary N) is 1. The average Bonchev–Trinajstić information content (AvgIpc) is 2.21. The molecule has 1 heterocycles. The van der Waals surface area contributed by atoms with Gasteiger partial charge in [-0.25, -0.2) is 13.8 Å². The van der Waals surface area contributed by atoms with E-state index in [1.807, 2.05) is 0 Å². The molecule has 6 heteroatoms. The smallest absolute Gasteiger partial charge is 0.280 e. The summed E-state index contributed by atoms with van der Waals surface area (Å²) in [7, 11) is 0. The van der Waals surface area contributed by atoms with E-state index in [2.05, 4.69) is 4.98 Å². The first-order valence-corrected chi connectivity index (χ1v) is 4.17. The predicted molar refractivity (Wildman–Crippen MR) is 48.1 cm³/mol. The maximum absolute atomic E-state index is 12.4. The molecule has 1 aromatic rings. The summed E-state index contributed by atoms with van der Waals surface area (Å²) < 4.78 is 24.7. The first kappa shape index (κ1) is 11.3. The lowest BCUT2D eigenvalue weighted by Crippen LogP contribution is -2.05. The number of halogens is 2. The molecule has 3 N–H and O–H groups in total. The molecule has 4 nitrogen and oxygen atoms in total. The molecule has 0 aromatic carbocycles. The molecule has 15 heavy (non-hydrogen) atoms. The number of nitriles is 1. The van der Waals surface area contributed by atoms with Crippen molar-refractivity contribution in [2.45, 2.75) is 19.4 Å². The van der Waals surface area contributed by atoms with Crippen molar-refractivity contribution in [1.82, 2.24) is 4.98 Å². The highest BCUT2D eigenvalue weighted by atomic mass is 19.3. The van der Waals surface area contributed by atoms with Gasteiger partial charge in [0.15, 0.2) is 0 Å². The zero-order valence-electron chi connectivity index (χ0n) is 7.74. The largest absolute Gasteiger partial charge is 0.506 e. The highest BCUT2D eigenvalue weighted by Crippen LogP contribution is 2.26. The van der Waals surface area contributed by atoms with Gasteiger partial charge in [-0.2, -0.15) is 5.26 Å². The van der Waals surface area contributed by atoms with E-state index in [0.29, 0.717) is 0 Å². The van der Waals surface area contributed by atoms with E-state index in [-0.39, 0.29) is 30.0 Å². The van der Waals surface area contributed by atoms with E-state index in [9.17, 15) is 13.9 Å². The van der Waals surface area contributed by atoms with Crippen LogP contribution in [0.25, 0.3) is 0 Å². The van der Waals surface area contributed by atoms with Crippen LogP contribution in [0.15, 0.2) is 6.07 Å². The third kappa shape index (κ3) is 2.39. The molecule has 0 atom stereocenters. The molecule has 0 spiro atoms.